The zero-order chi connectivity index (χ0) is 15.1. The van der Waals surface area contributed by atoms with Crippen molar-refractivity contribution < 1.29 is 19.7 Å². The van der Waals surface area contributed by atoms with Gasteiger partial charge in [-0.1, -0.05) is 0 Å². The van der Waals surface area contributed by atoms with Gasteiger partial charge in [-0.25, -0.2) is 4.98 Å². The van der Waals surface area contributed by atoms with E-state index in [4.69, 9.17) is 9.47 Å². The first-order valence-corrected chi connectivity index (χ1v) is 7.46. The molecule has 0 saturated heterocycles. The molecule has 1 aromatic heterocycles. The highest BCUT2D eigenvalue weighted by molar-refractivity contribution is 7.13. The monoisotopic (exact) mass is 313 g/mol. The number of aromatic nitrogens is 1. The van der Waals surface area contributed by atoms with Gasteiger partial charge >= 0.3 is 0 Å². The van der Waals surface area contributed by atoms with Crippen LogP contribution in [0.3, 0.4) is 0 Å². The number of phenols is 2. The zero-order valence-corrected chi connectivity index (χ0v) is 12.1. The molecule has 2 heterocycles. The Labute approximate surface area is 130 Å². The van der Waals surface area contributed by atoms with Crippen molar-refractivity contribution in [3.05, 3.63) is 41.8 Å². The maximum absolute atomic E-state index is 9.59. The van der Waals surface area contributed by atoms with Crippen molar-refractivity contribution in [3.63, 3.8) is 0 Å². The lowest BCUT2D eigenvalue weighted by molar-refractivity contribution is 0.174. The van der Waals surface area contributed by atoms with E-state index in [-0.39, 0.29) is 18.3 Å². The topological polar surface area (TPSA) is 71.8 Å². The molecule has 4 rings (SSSR count). The summed E-state index contributed by atoms with van der Waals surface area (Å²) in [4.78, 5) is 4.58. The van der Waals surface area contributed by atoms with Crippen LogP contribution in [0.5, 0.6) is 23.0 Å². The zero-order valence-electron chi connectivity index (χ0n) is 11.3. The van der Waals surface area contributed by atoms with Crippen LogP contribution in [0.25, 0.3) is 21.8 Å². The molecule has 2 N–H and O–H groups in total. The molecule has 0 spiro atoms. The van der Waals surface area contributed by atoms with E-state index in [1.807, 2.05) is 23.6 Å². The number of fused-ring (bicyclic) bond motifs is 1. The highest BCUT2D eigenvalue weighted by Crippen LogP contribution is 2.38. The molecule has 0 amide bonds. The van der Waals surface area contributed by atoms with E-state index in [0.717, 1.165) is 33.3 Å². The predicted octanol–water partition coefficient (Wildman–Crippen LogP) is 3.62. The molecule has 0 saturated carbocycles. The second kappa shape index (κ2) is 4.92. The van der Waals surface area contributed by atoms with Crippen LogP contribution < -0.4 is 9.47 Å². The molecule has 5 nitrogen and oxygen atoms in total. The molecule has 3 aromatic rings. The average molecular weight is 313 g/mol. The number of hydrogen-bond donors (Lipinski definition) is 2. The lowest BCUT2D eigenvalue weighted by Gasteiger charge is -2.01. The van der Waals surface area contributed by atoms with Crippen molar-refractivity contribution in [2.45, 2.75) is 0 Å². The number of phenolic OH excluding ortho intramolecular Hbond substituents is 2. The maximum Gasteiger partial charge on any atom is 0.231 e. The summed E-state index contributed by atoms with van der Waals surface area (Å²) in [6.45, 7) is 0.245. The van der Waals surface area contributed by atoms with Crippen LogP contribution in [0.15, 0.2) is 41.8 Å². The fourth-order valence-corrected chi connectivity index (χ4v) is 3.08. The Hall–Kier alpha value is -2.73. The largest absolute Gasteiger partial charge is 0.504 e. The number of ether oxygens (including phenoxy) is 2. The Kier molecular flexibility index (Phi) is 2.90. The standard InChI is InChI=1S/C16H11NO4S/c18-12-3-1-9(5-13(12)19)11-7-22-16(17-11)10-2-4-14-15(6-10)21-8-20-14/h1-7,18-19H,8H2. The van der Waals surface area contributed by atoms with Crippen LogP contribution in [-0.4, -0.2) is 22.0 Å². The van der Waals surface area contributed by atoms with Gasteiger partial charge in [0.25, 0.3) is 0 Å². The van der Waals surface area contributed by atoms with E-state index in [9.17, 15) is 10.2 Å². The molecule has 0 aliphatic carbocycles. The van der Waals surface area contributed by atoms with Gasteiger partial charge in [-0.15, -0.1) is 11.3 Å². The van der Waals surface area contributed by atoms with Crippen LogP contribution >= 0.6 is 11.3 Å². The van der Waals surface area contributed by atoms with E-state index in [0.29, 0.717) is 0 Å². The summed E-state index contributed by atoms with van der Waals surface area (Å²) >= 11 is 1.50. The average Bonchev–Trinajstić information content (AvgIpc) is 3.17. The van der Waals surface area contributed by atoms with Crippen LogP contribution in [-0.2, 0) is 0 Å². The third-order valence-electron chi connectivity index (χ3n) is 3.39. The van der Waals surface area contributed by atoms with E-state index in [1.165, 1.54) is 23.5 Å². The molecular formula is C16H11NO4S. The van der Waals surface area contributed by atoms with Crippen molar-refractivity contribution in [3.8, 4) is 44.8 Å². The van der Waals surface area contributed by atoms with Gasteiger partial charge in [-0.05, 0) is 36.4 Å². The van der Waals surface area contributed by atoms with Crippen molar-refractivity contribution in [1.82, 2.24) is 4.98 Å². The molecule has 6 heteroatoms. The molecule has 0 atom stereocenters. The fraction of sp³-hybridized carbons (Fsp3) is 0.0625. The van der Waals surface area contributed by atoms with Gasteiger partial charge in [0.05, 0.1) is 5.69 Å². The first-order chi connectivity index (χ1) is 10.7. The number of thiazole rings is 1. The molecule has 0 bridgehead atoms. The van der Waals surface area contributed by atoms with Crippen LogP contribution in [0.1, 0.15) is 0 Å². The molecule has 22 heavy (non-hydrogen) atoms. The first-order valence-electron chi connectivity index (χ1n) is 6.58. The molecule has 1 aliphatic heterocycles. The molecule has 2 aromatic carbocycles. The highest BCUT2D eigenvalue weighted by Gasteiger charge is 2.15. The Balaban J connectivity index is 1.70. The minimum atomic E-state index is -0.157. The molecule has 0 fully saturated rings. The lowest BCUT2D eigenvalue weighted by Crippen LogP contribution is -1.92. The molecule has 0 radical (unpaired) electrons. The summed E-state index contributed by atoms with van der Waals surface area (Å²) in [6, 6.07) is 10.4. The summed E-state index contributed by atoms with van der Waals surface area (Å²) in [7, 11) is 0. The van der Waals surface area contributed by atoms with Crippen molar-refractivity contribution in [2.75, 3.05) is 6.79 Å². The summed E-state index contributed by atoms with van der Waals surface area (Å²) in [5.41, 5.74) is 2.44. The maximum atomic E-state index is 9.59. The minimum absolute atomic E-state index is 0.144. The quantitative estimate of drug-likeness (QED) is 0.707. The van der Waals surface area contributed by atoms with Gasteiger partial charge in [0.2, 0.25) is 6.79 Å². The van der Waals surface area contributed by atoms with Gasteiger partial charge in [0.15, 0.2) is 23.0 Å². The van der Waals surface area contributed by atoms with Crippen LogP contribution in [0, 0.1) is 0 Å². The second-order valence-corrected chi connectivity index (χ2v) is 5.67. The van der Waals surface area contributed by atoms with Gasteiger partial charge in [0, 0.05) is 16.5 Å². The van der Waals surface area contributed by atoms with Crippen LogP contribution in [0.4, 0.5) is 0 Å². The number of rotatable bonds is 2. The lowest BCUT2D eigenvalue weighted by atomic mass is 10.1. The Morgan fingerprint density at radius 1 is 0.909 bits per heavy atom. The number of benzene rings is 2. The fourth-order valence-electron chi connectivity index (χ4n) is 2.25. The summed E-state index contributed by atoms with van der Waals surface area (Å²) in [5, 5.41) is 21.7. The molecule has 1 aliphatic rings. The van der Waals surface area contributed by atoms with Gasteiger partial charge < -0.3 is 19.7 Å². The summed E-state index contributed by atoms with van der Waals surface area (Å²) < 4.78 is 10.7. The Morgan fingerprint density at radius 3 is 2.59 bits per heavy atom. The second-order valence-electron chi connectivity index (χ2n) is 4.81. The van der Waals surface area contributed by atoms with E-state index in [1.54, 1.807) is 6.07 Å². The van der Waals surface area contributed by atoms with Crippen molar-refractivity contribution >= 4 is 11.3 Å². The number of nitrogens with zero attached hydrogens (tertiary/aromatic N) is 1. The van der Waals surface area contributed by atoms with Crippen molar-refractivity contribution in [2.24, 2.45) is 0 Å². The van der Waals surface area contributed by atoms with Gasteiger partial charge in [-0.3, -0.25) is 0 Å². The SMILES string of the molecule is Oc1ccc(-c2csc(-c3ccc4c(c3)OCO4)n2)cc1O. The minimum Gasteiger partial charge on any atom is -0.504 e. The predicted molar refractivity (Wildman–Crippen MR) is 82.4 cm³/mol. The van der Waals surface area contributed by atoms with Crippen molar-refractivity contribution in [1.29, 1.82) is 0 Å². The number of aromatic hydroxyl groups is 2. The summed E-state index contributed by atoms with van der Waals surface area (Å²) in [6.07, 6.45) is 0. The third-order valence-corrected chi connectivity index (χ3v) is 4.29. The van der Waals surface area contributed by atoms with Gasteiger partial charge in [-0.2, -0.15) is 0 Å². The first kappa shape index (κ1) is 13.0. The Bertz CT molecular complexity index is 859. The smallest absolute Gasteiger partial charge is 0.231 e. The Morgan fingerprint density at radius 2 is 1.73 bits per heavy atom. The van der Waals surface area contributed by atoms with Crippen LogP contribution in [0.2, 0.25) is 0 Å². The molecule has 110 valence electrons. The molecular weight excluding hydrogens is 302 g/mol. The van der Waals surface area contributed by atoms with E-state index in [2.05, 4.69) is 4.98 Å². The third kappa shape index (κ3) is 2.14. The normalized spacial score (nSPS) is 12.5. The van der Waals surface area contributed by atoms with E-state index < -0.39 is 0 Å². The van der Waals surface area contributed by atoms with E-state index >= 15 is 0 Å². The van der Waals surface area contributed by atoms with Gasteiger partial charge in [0.1, 0.15) is 5.01 Å². The number of hydrogen-bond acceptors (Lipinski definition) is 6. The summed E-state index contributed by atoms with van der Waals surface area (Å²) in [5.74, 6) is 1.16. The molecule has 0 unspecified atom stereocenters. The highest BCUT2D eigenvalue weighted by atomic mass is 32.1.